The molecular weight excluding hydrogens is 446 g/mol. The molecule has 0 spiro atoms. The Hall–Kier alpha value is -3.98. The second kappa shape index (κ2) is 10.5. The van der Waals surface area contributed by atoms with E-state index in [4.69, 9.17) is 9.15 Å². The lowest BCUT2D eigenvalue weighted by atomic mass is 10.1. The predicted octanol–water partition coefficient (Wildman–Crippen LogP) is 3.49. The van der Waals surface area contributed by atoms with Gasteiger partial charge >= 0.3 is 0 Å². The second-order valence-corrected chi connectivity index (χ2v) is 8.42. The van der Waals surface area contributed by atoms with E-state index in [-0.39, 0.29) is 18.4 Å². The summed E-state index contributed by atoms with van der Waals surface area (Å²) in [5, 5.41) is 11.2. The van der Waals surface area contributed by atoms with Gasteiger partial charge in [-0.1, -0.05) is 29.5 Å². The zero-order valence-electron chi connectivity index (χ0n) is 20.3. The van der Waals surface area contributed by atoms with Gasteiger partial charge in [-0.05, 0) is 62.2 Å². The molecule has 35 heavy (non-hydrogen) atoms. The highest BCUT2D eigenvalue weighted by atomic mass is 16.5. The van der Waals surface area contributed by atoms with Crippen LogP contribution >= 0.6 is 0 Å². The number of amides is 2. The first-order chi connectivity index (χ1) is 16.9. The van der Waals surface area contributed by atoms with Gasteiger partial charge in [-0.15, -0.1) is 5.10 Å². The van der Waals surface area contributed by atoms with Gasteiger partial charge in [-0.3, -0.25) is 14.5 Å². The minimum Gasteiger partial charge on any atom is -0.464 e. The summed E-state index contributed by atoms with van der Waals surface area (Å²) in [6, 6.07) is 15.7. The molecule has 9 heteroatoms. The highest BCUT2D eigenvalue weighted by Crippen LogP contribution is 2.32. The Bertz CT molecular complexity index is 1340. The number of para-hydroxylation sites is 1. The summed E-state index contributed by atoms with van der Waals surface area (Å²) in [6.45, 7) is 6.20. The molecule has 0 aliphatic heterocycles. The van der Waals surface area contributed by atoms with E-state index in [1.165, 1.54) is 4.90 Å². The Kier molecular flexibility index (Phi) is 7.26. The fourth-order valence-corrected chi connectivity index (χ4v) is 3.98. The predicted molar refractivity (Wildman–Crippen MR) is 132 cm³/mol. The van der Waals surface area contributed by atoms with Crippen LogP contribution in [0.5, 0.6) is 0 Å². The van der Waals surface area contributed by atoms with Gasteiger partial charge in [0.2, 0.25) is 5.91 Å². The van der Waals surface area contributed by atoms with E-state index >= 15 is 0 Å². The lowest BCUT2D eigenvalue weighted by molar-refractivity contribution is -0.127. The average molecular weight is 476 g/mol. The summed E-state index contributed by atoms with van der Waals surface area (Å²) in [6.07, 6.45) is 0. The number of anilines is 1. The number of furan rings is 1. The normalized spacial score (nSPS) is 12.0. The van der Waals surface area contributed by atoms with Crippen LogP contribution in [0.4, 0.5) is 5.69 Å². The molecule has 1 atom stereocenters. The molecule has 0 saturated heterocycles. The zero-order valence-corrected chi connectivity index (χ0v) is 20.3. The lowest BCUT2D eigenvalue weighted by Crippen LogP contribution is -2.46. The van der Waals surface area contributed by atoms with Crippen LogP contribution in [0.3, 0.4) is 0 Å². The molecule has 0 saturated carbocycles. The van der Waals surface area contributed by atoms with Crippen molar-refractivity contribution in [3.63, 3.8) is 0 Å². The van der Waals surface area contributed by atoms with Crippen molar-refractivity contribution in [2.24, 2.45) is 0 Å². The molecule has 0 aliphatic rings. The number of nitrogens with zero attached hydrogens (tertiary/aromatic N) is 4. The number of aromatic nitrogens is 3. The number of hydrogen-bond acceptors (Lipinski definition) is 6. The summed E-state index contributed by atoms with van der Waals surface area (Å²) >= 11 is 0. The molecule has 0 aliphatic carbocycles. The number of rotatable bonds is 9. The molecular formula is C26H29N5O4. The van der Waals surface area contributed by atoms with Crippen LogP contribution in [0.15, 0.2) is 59.0 Å². The van der Waals surface area contributed by atoms with Crippen molar-refractivity contribution < 1.29 is 18.7 Å². The number of benzene rings is 2. The van der Waals surface area contributed by atoms with E-state index in [1.54, 1.807) is 30.8 Å². The average Bonchev–Trinajstić information content (AvgIpc) is 3.45. The van der Waals surface area contributed by atoms with Crippen LogP contribution in [-0.4, -0.2) is 47.1 Å². The van der Waals surface area contributed by atoms with Crippen molar-refractivity contribution in [2.75, 3.05) is 25.2 Å². The zero-order chi connectivity index (χ0) is 24.9. The van der Waals surface area contributed by atoms with E-state index < -0.39 is 6.04 Å². The summed E-state index contributed by atoms with van der Waals surface area (Å²) in [5.41, 5.74) is 3.86. The molecule has 0 fully saturated rings. The molecule has 2 aromatic carbocycles. The minimum absolute atomic E-state index is 0.102. The molecule has 0 radical (unpaired) electrons. The monoisotopic (exact) mass is 475 g/mol. The number of aryl methyl sites for hydroxylation is 3. The first-order valence-electron chi connectivity index (χ1n) is 11.4. The van der Waals surface area contributed by atoms with E-state index in [0.717, 1.165) is 16.6 Å². The largest absolute Gasteiger partial charge is 0.464 e. The van der Waals surface area contributed by atoms with Crippen molar-refractivity contribution in [3.05, 3.63) is 77.2 Å². The van der Waals surface area contributed by atoms with Gasteiger partial charge in [0.15, 0.2) is 6.04 Å². The van der Waals surface area contributed by atoms with Gasteiger partial charge in [-0.25, -0.2) is 4.68 Å². The van der Waals surface area contributed by atoms with Crippen LogP contribution in [0.25, 0.3) is 11.0 Å². The number of fused-ring (bicyclic) bond motifs is 1. The van der Waals surface area contributed by atoms with Gasteiger partial charge in [0.25, 0.3) is 5.91 Å². The second-order valence-electron chi connectivity index (χ2n) is 8.42. The molecule has 2 aromatic heterocycles. The molecule has 1 N–H and O–H groups in total. The van der Waals surface area contributed by atoms with Gasteiger partial charge in [-0.2, -0.15) is 0 Å². The number of hydrogen-bond donors (Lipinski definition) is 1. The Morgan fingerprint density at radius 3 is 2.66 bits per heavy atom. The highest BCUT2D eigenvalue weighted by molar-refractivity contribution is 6.01. The van der Waals surface area contributed by atoms with Crippen LogP contribution in [-0.2, 0) is 20.9 Å². The van der Waals surface area contributed by atoms with Crippen molar-refractivity contribution >= 4 is 28.5 Å². The summed E-state index contributed by atoms with van der Waals surface area (Å²) < 4.78 is 12.5. The number of carbonyl (C=O) groups is 2. The smallest absolute Gasteiger partial charge is 0.251 e. The molecule has 2 amide bonds. The summed E-state index contributed by atoms with van der Waals surface area (Å²) in [7, 11) is 1.56. The van der Waals surface area contributed by atoms with Crippen LogP contribution in [0, 0.1) is 20.8 Å². The molecule has 0 bridgehead atoms. The third-order valence-electron chi connectivity index (χ3n) is 5.74. The maximum Gasteiger partial charge on any atom is 0.251 e. The summed E-state index contributed by atoms with van der Waals surface area (Å²) in [4.78, 5) is 29.0. The van der Waals surface area contributed by atoms with E-state index in [1.807, 2.05) is 56.3 Å². The third-order valence-corrected chi connectivity index (χ3v) is 5.74. The van der Waals surface area contributed by atoms with E-state index in [0.29, 0.717) is 35.9 Å². The van der Waals surface area contributed by atoms with Gasteiger partial charge in [0.05, 0.1) is 12.1 Å². The first-order valence-corrected chi connectivity index (χ1v) is 11.4. The third kappa shape index (κ3) is 5.25. The molecule has 182 valence electrons. The molecule has 9 nitrogen and oxygen atoms in total. The van der Waals surface area contributed by atoms with Crippen molar-refractivity contribution in [2.45, 2.75) is 33.4 Å². The van der Waals surface area contributed by atoms with Crippen LogP contribution < -0.4 is 10.2 Å². The molecule has 4 aromatic rings. The van der Waals surface area contributed by atoms with Gasteiger partial charge in [0, 0.05) is 19.3 Å². The van der Waals surface area contributed by atoms with Gasteiger partial charge < -0.3 is 14.5 Å². The topological polar surface area (TPSA) is 102 Å². The number of methoxy groups -OCH3 is 1. The fraction of sp³-hybridized carbons (Fsp3) is 0.308. The van der Waals surface area contributed by atoms with Crippen molar-refractivity contribution in [1.29, 1.82) is 0 Å². The SMILES string of the molecule is COCCNC(=O)C(c1ccc(C)o1)N(C(=O)Cn1nnc2ccccc21)c1cc(C)ccc1C. The maximum atomic E-state index is 14.0. The Morgan fingerprint density at radius 1 is 1.11 bits per heavy atom. The number of ether oxygens (including phenoxy) is 1. The van der Waals surface area contributed by atoms with Crippen molar-refractivity contribution in [1.82, 2.24) is 20.3 Å². The highest BCUT2D eigenvalue weighted by Gasteiger charge is 2.36. The molecule has 1 unspecified atom stereocenters. The fourth-order valence-electron chi connectivity index (χ4n) is 3.98. The Balaban J connectivity index is 1.80. The van der Waals surface area contributed by atoms with E-state index in [9.17, 15) is 9.59 Å². The molecule has 2 heterocycles. The van der Waals surface area contributed by atoms with Crippen LogP contribution in [0.2, 0.25) is 0 Å². The van der Waals surface area contributed by atoms with Crippen LogP contribution in [0.1, 0.15) is 28.7 Å². The lowest BCUT2D eigenvalue weighted by Gasteiger charge is -2.31. The Morgan fingerprint density at radius 2 is 1.91 bits per heavy atom. The number of carbonyl (C=O) groups excluding carboxylic acids is 2. The number of nitrogens with one attached hydrogen (secondary N) is 1. The van der Waals surface area contributed by atoms with Gasteiger partial charge in [0.1, 0.15) is 23.6 Å². The maximum absolute atomic E-state index is 14.0. The first kappa shape index (κ1) is 24.2. The van der Waals surface area contributed by atoms with E-state index in [2.05, 4.69) is 15.6 Å². The Labute approximate surface area is 203 Å². The minimum atomic E-state index is -1.02. The standard InChI is InChI=1S/C26H29N5O4/c1-17-9-10-18(2)22(15-17)31(24(32)16-30-21-8-6-5-7-20(21)28-29-30)25(23-12-11-19(3)35-23)26(33)27-13-14-34-4/h5-12,15,25H,13-14,16H2,1-4H3,(H,27,33). The quantitative estimate of drug-likeness (QED) is 0.372. The van der Waals surface area contributed by atoms with Crippen molar-refractivity contribution in [3.8, 4) is 0 Å². The molecule has 4 rings (SSSR count). The summed E-state index contributed by atoms with van der Waals surface area (Å²) in [5.74, 6) is 0.324.